The van der Waals surface area contributed by atoms with Crippen molar-refractivity contribution in [3.8, 4) is 5.88 Å². The van der Waals surface area contributed by atoms with E-state index in [9.17, 15) is 9.90 Å². The lowest BCUT2D eigenvalue weighted by molar-refractivity contribution is 0.0998. The van der Waals surface area contributed by atoms with Crippen LogP contribution < -0.4 is 5.56 Å². The number of H-pyrrole nitrogens is 1. The Bertz CT molecular complexity index is 443. The Morgan fingerprint density at radius 1 is 1.53 bits per heavy atom. The van der Waals surface area contributed by atoms with E-state index >= 15 is 0 Å². The monoisotopic (exact) mass is 208 g/mol. The summed E-state index contributed by atoms with van der Waals surface area (Å²) in [5.74, 6) is 0.493. The lowest BCUT2D eigenvalue weighted by Crippen LogP contribution is -2.20. The highest BCUT2D eigenvalue weighted by molar-refractivity contribution is 5.13. The molecule has 3 rings (SSSR count). The first kappa shape index (κ1) is 8.91. The van der Waals surface area contributed by atoms with Crippen LogP contribution in [0.25, 0.3) is 0 Å². The lowest BCUT2D eigenvalue weighted by atomic mass is 9.88. The van der Waals surface area contributed by atoms with Crippen molar-refractivity contribution in [3.63, 3.8) is 0 Å². The van der Waals surface area contributed by atoms with Crippen LogP contribution in [0.2, 0.25) is 0 Å². The summed E-state index contributed by atoms with van der Waals surface area (Å²) < 4.78 is 5.68. The van der Waals surface area contributed by atoms with Crippen LogP contribution in [0.3, 0.4) is 0 Å². The first-order valence-electron chi connectivity index (χ1n) is 5.18. The molecule has 0 aliphatic carbocycles. The van der Waals surface area contributed by atoms with E-state index in [1.165, 1.54) is 0 Å². The van der Waals surface area contributed by atoms with Gasteiger partial charge in [-0.05, 0) is 19.3 Å². The maximum atomic E-state index is 11.2. The fourth-order valence-corrected chi connectivity index (χ4v) is 2.56. The van der Waals surface area contributed by atoms with Gasteiger partial charge in [0, 0.05) is 5.92 Å². The molecule has 1 aromatic heterocycles. The first-order valence-corrected chi connectivity index (χ1v) is 5.18. The lowest BCUT2D eigenvalue weighted by Gasteiger charge is -2.17. The van der Waals surface area contributed by atoms with Gasteiger partial charge in [0.2, 0.25) is 5.88 Å². The van der Waals surface area contributed by atoms with Crippen LogP contribution >= 0.6 is 0 Å². The molecule has 2 saturated heterocycles. The fraction of sp³-hybridized carbons (Fsp3) is 0.600. The van der Waals surface area contributed by atoms with Gasteiger partial charge in [0.05, 0.1) is 18.3 Å². The summed E-state index contributed by atoms with van der Waals surface area (Å²) in [5, 5.41) is 9.25. The number of aromatic nitrogens is 2. The third-order valence-corrected chi connectivity index (χ3v) is 3.20. The summed E-state index contributed by atoms with van der Waals surface area (Å²) in [6.07, 6.45) is 3.50. The average molecular weight is 208 g/mol. The van der Waals surface area contributed by atoms with Crippen LogP contribution in [0.15, 0.2) is 10.9 Å². The second-order valence-electron chi connectivity index (χ2n) is 4.20. The van der Waals surface area contributed by atoms with Crippen LogP contribution in [0, 0.1) is 0 Å². The van der Waals surface area contributed by atoms with Crippen molar-refractivity contribution in [2.24, 2.45) is 0 Å². The van der Waals surface area contributed by atoms with E-state index < -0.39 is 0 Å². The van der Waals surface area contributed by atoms with Crippen molar-refractivity contribution in [3.05, 3.63) is 22.2 Å². The highest BCUT2D eigenvalue weighted by atomic mass is 16.5. The molecule has 2 bridgehead atoms. The van der Waals surface area contributed by atoms with Crippen molar-refractivity contribution in [1.29, 1.82) is 0 Å². The highest BCUT2D eigenvalue weighted by Gasteiger charge is 2.42. The molecular formula is C10H12N2O3. The van der Waals surface area contributed by atoms with Gasteiger partial charge in [-0.2, -0.15) is 4.98 Å². The Hall–Kier alpha value is -1.36. The molecule has 2 aliphatic heterocycles. The maximum Gasteiger partial charge on any atom is 0.254 e. The summed E-state index contributed by atoms with van der Waals surface area (Å²) >= 11 is 0. The molecule has 0 radical (unpaired) electrons. The molecule has 1 aromatic rings. The number of hydrogen-bond donors (Lipinski definition) is 2. The molecule has 3 atom stereocenters. The molecule has 2 N–H and O–H groups in total. The molecule has 0 aromatic carbocycles. The highest BCUT2D eigenvalue weighted by Crippen LogP contribution is 2.43. The summed E-state index contributed by atoms with van der Waals surface area (Å²) in [4.78, 5) is 17.8. The quantitative estimate of drug-likeness (QED) is 0.705. The molecule has 0 amide bonds. The maximum absolute atomic E-state index is 11.2. The summed E-state index contributed by atoms with van der Waals surface area (Å²) in [7, 11) is 0. The molecule has 3 heterocycles. The van der Waals surface area contributed by atoms with E-state index in [-0.39, 0.29) is 23.5 Å². The Morgan fingerprint density at radius 2 is 2.40 bits per heavy atom. The SMILES string of the molecule is O=c1cc(O)nc([C@@H]2C[C@H]3CC[C@@H]2O3)[nH]1. The molecule has 80 valence electrons. The minimum atomic E-state index is -0.305. The van der Waals surface area contributed by atoms with Crippen molar-refractivity contribution in [2.75, 3.05) is 0 Å². The number of rotatable bonds is 1. The van der Waals surface area contributed by atoms with Crippen LogP contribution in [0.1, 0.15) is 31.0 Å². The van der Waals surface area contributed by atoms with Crippen molar-refractivity contribution in [1.82, 2.24) is 9.97 Å². The number of aromatic hydroxyl groups is 1. The number of ether oxygens (including phenoxy) is 1. The van der Waals surface area contributed by atoms with E-state index in [4.69, 9.17) is 4.74 Å². The normalized spacial score (nSPS) is 33.5. The number of nitrogens with zero attached hydrogens (tertiary/aromatic N) is 1. The molecule has 5 heteroatoms. The predicted molar refractivity (Wildman–Crippen MR) is 51.8 cm³/mol. The zero-order valence-electron chi connectivity index (χ0n) is 8.14. The van der Waals surface area contributed by atoms with E-state index in [0.29, 0.717) is 11.9 Å². The van der Waals surface area contributed by atoms with Gasteiger partial charge in [-0.3, -0.25) is 4.79 Å². The van der Waals surface area contributed by atoms with Gasteiger partial charge < -0.3 is 14.8 Å². The van der Waals surface area contributed by atoms with Crippen LogP contribution in [0.5, 0.6) is 5.88 Å². The van der Waals surface area contributed by atoms with Gasteiger partial charge in [0.1, 0.15) is 5.82 Å². The van der Waals surface area contributed by atoms with E-state index in [1.807, 2.05) is 0 Å². The second-order valence-corrected chi connectivity index (χ2v) is 4.20. The first-order chi connectivity index (χ1) is 7.22. The predicted octanol–water partition coefficient (Wildman–Crippen LogP) is 0.510. The Morgan fingerprint density at radius 3 is 3.00 bits per heavy atom. The molecule has 2 fully saturated rings. The number of nitrogens with one attached hydrogen (secondary N) is 1. The zero-order chi connectivity index (χ0) is 10.4. The summed E-state index contributed by atoms with van der Waals surface area (Å²) in [5.41, 5.74) is -0.305. The molecule has 0 unspecified atom stereocenters. The summed E-state index contributed by atoms with van der Waals surface area (Å²) in [6, 6.07) is 1.08. The van der Waals surface area contributed by atoms with Gasteiger partial charge in [-0.1, -0.05) is 0 Å². The van der Waals surface area contributed by atoms with Crippen molar-refractivity contribution >= 4 is 0 Å². The van der Waals surface area contributed by atoms with E-state index in [2.05, 4.69) is 9.97 Å². The fourth-order valence-electron chi connectivity index (χ4n) is 2.56. The van der Waals surface area contributed by atoms with Gasteiger partial charge in [0.15, 0.2) is 0 Å². The standard InChI is InChI=1S/C10H12N2O3/c13-8-4-9(14)12-10(11-8)6-3-5-1-2-7(6)15-5/h4-7H,1-3H2,(H2,11,12,13,14)/t5-,6-,7+/m1/s1. The minimum absolute atomic E-state index is 0.142. The molecule has 5 nitrogen and oxygen atoms in total. The largest absolute Gasteiger partial charge is 0.493 e. The Kier molecular flexibility index (Phi) is 1.82. The van der Waals surface area contributed by atoms with E-state index in [1.54, 1.807) is 0 Å². The number of fused-ring (bicyclic) bond motifs is 2. The van der Waals surface area contributed by atoms with Crippen LogP contribution in [-0.4, -0.2) is 27.3 Å². The van der Waals surface area contributed by atoms with Crippen LogP contribution in [-0.2, 0) is 4.74 Å². The number of aromatic amines is 1. The average Bonchev–Trinajstić information content (AvgIpc) is 2.76. The van der Waals surface area contributed by atoms with E-state index in [0.717, 1.165) is 25.3 Å². The van der Waals surface area contributed by atoms with Gasteiger partial charge in [0.25, 0.3) is 5.56 Å². The van der Waals surface area contributed by atoms with Gasteiger partial charge >= 0.3 is 0 Å². The van der Waals surface area contributed by atoms with Crippen molar-refractivity contribution in [2.45, 2.75) is 37.4 Å². The van der Waals surface area contributed by atoms with Gasteiger partial charge in [-0.25, -0.2) is 0 Å². The minimum Gasteiger partial charge on any atom is -0.493 e. The van der Waals surface area contributed by atoms with Gasteiger partial charge in [-0.15, -0.1) is 0 Å². The molecule has 2 aliphatic rings. The molecule has 0 spiro atoms. The van der Waals surface area contributed by atoms with Crippen molar-refractivity contribution < 1.29 is 9.84 Å². The third kappa shape index (κ3) is 1.43. The molecular weight excluding hydrogens is 196 g/mol. The topological polar surface area (TPSA) is 75.2 Å². The zero-order valence-corrected chi connectivity index (χ0v) is 8.14. The Balaban J connectivity index is 1.96. The molecule has 0 saturated carbocycles. The molecule has 15 heavy (non-hydrogen) atoms. The van der Waals surface area contributed by atoms with Crippen LogP contribution in [0.4, 0.5) is 0 Å². The smallest absolute Gasteiger partial charge is 0.254 e. The third-order valence-electron chi connectivity index (χ3n) is 3.20. The second kappa shape index (κ2) is 3.06. The number of hydrogen-bond acceptors (Lipinski definition) is 4. The Labute approximate surface area is 86.1 Å². The summed E-state index contributed by atoms with van der Waals surface area (Å²) in [6.45, 7) is 0.